The first kappa shape index (κ1) is 19.6. The van der Waals surface area contributed by atoms with Crippen molar-refractivity contribution in [3.63, 3.8) is 0 Å². The lowest BCUT2D eigenvalue weighted by atomic mass is 9.97. The van der Waals surface area contributed by atoms with E-state index in [-0.39, 0.29) is 23.4 Å². The van der Waals surface area contributed by atoms with E-state index in [0.29, 0.717) is 17.6 Å². The second kappa shape index (κ2) is 7.84. The molecule has 0 saturated heterocycles. The standard InChI is InChI=1S/C20H26N4O2S/c1-11-9-13(3)16(10-12(11)2)18(26)14(4)27-20-23-22-19(15-5-6-15)24(20)8-7-17(21)25/h9-10,14-15H,5-8H2,1-4H3,(H2,21,25). The van der Waals surface area contributed by atoms with E-state index >= 15 is 0 Å². The lowest BCUT2D eigenvalue weighted by Crippen LogP contribution is -2.18. The third kappa shape index (κ3) is 4.40. The molecule has 1 aliphatic rings. The molecule has 1 amide bonds. The van der Waals surface area contributed by atoms with Crippen LogP contribution in [0.4, 0.5) is 0 Å². The normalized spacial score (nSPS) is 15.0. The number of rotatable bonds is 8. The van der Waals surface area contributed by atoms with Crippen LogP contribution in [0.1, 0.15) is 65.0 Å². The molecule has 0 radical (unpaired) electrons. The second-order valence-electron chi connectivity index (χ2n) is 7.36. The Morgan fingerprint density at radius 3 is 2.48 bits per heavy atom. The lowest BCUT2D eigenvalue weighted by Gasteiger charge is -2.15. The lowest BCUT2D eigenvalue weighted by molar-refractivity contribution is -0.118. The molecule has 1 aromatic heterocycles. The minimum atomic E-state index is -0.351. The van der Waals surface area contributed by atoms with E-state index in [1.165, 1.54) is 17.3 Å². The maximum absolute atomic E-state index is 13.0. The van der Waals surface area contributed by atoms with Gasteiger partial charge in [0.2, 0.25) is 5.91 Å². The number of carbonyl (C=O) groups excluding carboxylic acids is 2. The number of aryl methyl sites for hydroxylation is 3. The number of nitrogens with zero attached hydrogens (tertiary/aromatic N) is 3. The summed E-state index contributed by atoms with van der Waals surface area (Å²) in [7, 11) is 0. The highest BCUT2D eigenvalue weighted by molar-refractivity contribution is 8.00. The second-order valence-corrected chi connectivity index (χ2v) is 8.67. The van der Waals surface area contributed by atoms with Crippen LogP contribution < -0.4 is 5.73 Å². The quantitative estimate of drug-likeness (QED) is 0.555. The van der Waals surface area contributed by atoms with Crippen LogP contribution in [0.25, 0.3) is 0 Å². The van der Waals surface area contributed by atoms with Crippen molar-refractivity contribution < 1.29 is 9.59 Å². The highest BCUT2D eigenvalue weighted by atomic mass is 32.2. The van der Waals surface area contributed by atoms with E-state index in [4.69, 9.17) is 5.73 Å². The van der Waals surface area contributed by atoms with Gasteiger partial charge in [-0.3, -0.25) is 9.59 Å². The highest BCUT2D eigenvalue weighted by Crippen LogP contribution is 2.40. The number of hydrogen-bond acceptors (Lipinski definition) is 5. The van der Waals surface area contributed by atoms with Gasteiger partial charge in [-0.25, -0.2) is 0 Å². The van der Waals surface area contributed by atoms with Crippen LogP contribution in [0.5, 0.6) is 0 Å². The van der Waals surface area contributed by atoms with Crippen LogP contribution in [0, 0.1) is 20.8 Å². The third-order valence-electron chi connectivity index (χ3n) is 5.03. The van der Waals surface area contributed by atoms with Crippen molar-refractivity contribution in [3.8, 4) is 0 Å². The number of carbonyl (C=O) groups is 2. The van der Waals surface area contributed by atoms with Crippen LogP contribution in [0.3, 0.4) is 0 Å². The van der Waals surface area contributed by atoms with Gasteiger partial charge in [-0.2, -0.15) is 0 Å². The predicted molar refractivity (Wildman–Crippen MR) is 106 cm³/mol. The van der Waals surface area contributed by atoms with Crippen molar-refractivity contribution in [3.05, 3.63) is 40.2 Å². The Morgan fingerprint density at radius 2 is 1.85 bits per heavy atom. The Hall–Kier alpha value is -2.15. The zero-order valence-electron chi connectivity index (χ0n) is 16.3. The predicted octanol–water partition coefficient (Wildman–Crippen LogP) is 3.32. The molecule has 1 unspecified atom stereocenters. The molecule has 6 nitrogen and oxygen atoms in total. The van der Waals surface area contributed by atoms with Crippen LogP contribution in [0.2, 0.25) is 0 Å². The van der Waals surface area contributed by atoms with Crippen LogP contribution >= 0.6 is 11.8 Å². The van der Waals surface area contributed by atoms with Crippen LogP contribution in [-0.2, 0) is 11.3 Å². The number of Topliss-reactive ketones (excluding diaryl/α,β-unsaturated/α-hetero) is 1. The van der Waals surface area contributed by atoms with Gasteiger partial charge in [-0.1, -0.05) is 17.8 Å². The number of hydrogen-bond donors (Lipinski definition) is 1. The molecule has 1 fully saturated rings. The van der Waals surface area contributed by atoms with Gasteiger partial charge in [0.05, 0.1) is 5.25 Å². The number of thioether (sulfide) groups is 1. The fourth-order valence-electron chi connectivity index (χ4n) is 3.12. The fraction of sp³-hybridized carbons (Fsp3) is 0.500. The van der Waals surface area contributed by atoms with E-state index in [1.807, 2.05) is 31.4 Å². The monoisotopic (exact) mass is 386 g/mol. The zero-order chi connectivity index (χ0) is 19.7. The maximum atomic E-state index is 13.0. The Balaban J connectivity index is 1.81. The van der Waals surface area contributed by atoms with Crippen molar-refractivity contribution in [2.24, 2.45) is 5.73 Å². The van der Waals surface area contributed by atoms with Gasteiger partial charge in [0, 0.05) is 24.4 Å². The molecule has 2 aromatic rings. The number of amides is 1. The molecule has 2 N–H and O–H groups in total. The van der Waals surface area contributed by atoms with E-state index in [1.54, 1.807) is 0 Å². The summed E-state index contributed by atoms with van der Waals surface area (Å²) in [5, 5.41) is 8.99. The van der Waals surface area contributed by atoms with Crippen molar-refractivity contribution in [1.29, 1.82) is 0 Å². The summed E-state index contributed by atoms with van der Waals surface area (Å²) in [6, 6.07) is 4.03. The van der Waals surface area contributed by atoms with Gasteiger partial charge in [0.15, 0.2) is 10.9 Å². The average Bonchev–Trinajstić information content (AvgIpc) is 3.37. The molecule has 27 heavy (non-hydrogen) atoms. The van der Waals surface area contributed by atoms with Crippen LogP contribution in [0.15, 0.2) is 17.3 Å². The molecule has 1 heterocycles. The molecule has 7 heteroatoms. The molecule has 144 valence electrons. The molecule has 0 aliphatic heterocycles. The minimum absolute atomic E-state index is 0.0815. The number of aromatic nitrogens is 3. The van der Waals surface area contributed by atoms with Gasteiger partial charge in [0.1, 0.15) is 5.82 Å². The number of benzene rings is 1. The molecule has 0 spiro atoms. The summed E-state index contributed by atoms with van der Waals surface area (Å²) in [5.41, 5.74) is 9.36. The Bertz CT molecular complexity index is 886. The Kier molecular flexibility index (Phi) is 5.69. The summed E-state index contributed by atoms with van der Waals surface area (Å²) in [5.74, 6) is 1.04. The topological polar surface area (TPSA) is 90.9 Å². The molecule has 0 bridgehead atoms. The molecule has 1 aromatic carbocycles. The fourth-order valence-corrected chi connectivity index (χ4v) is 4.07. The first-order chi connectivity index (χ1) is 12.8. The van der Waals surface area contributed by atoms with Gasteiger partial charge >= 0.3 is 0 Å². The minimum Gasteiger partial charge on any atom is -0.370 e. The van der Waals surface area contributed by atoms with Gasteiger partial charge < -0.3 is 10.3 Å². The van der Waals surface area contributed by atoms with Crippen LogP contribution in [-0.4, -0.2) is 31.7 Å². The first-order valence-corrected chi connectivity index (χ1v) is 10.2. The van der Waals surface area contributed by atoms with Gasteiger partial charge in [-0.05, 0) is 63.3 Å². The van der Waals surface area contributed by atoms with E-state index in [0.717, 1.165) is 35.4 Å². The molecular formula is C20H26N4O2S. The molecule has 1 atom stereocenters. The summed E-state index contributed by atoms with van der Waals surface area (Å²) in [6.45, 7) is 8.39. The van der Waals surface area contributed by atoms with Crippen molar-refractivity contribution in [2.75, 3.05) is 0 Å². The molecule has 1 saturated carbocycles. The van der Waals surface area contributed by atoms with Crippen molar-refractivity contribution in [2.45, 2.75) is 69.8 Å². The number of primary amides is 1. The summed E-state index contributed by atoms with van der Waals surface area (Å²) >= 11 is 1.40. The maximum Gasteiger partial charge on any atom is 0.219 e. The molecule has 3 rings (SSSR count). The number of ketones is 1. The Morgan fingerprint density at radius 1 is 1.19 bits per heavy atom. The number of nitrogens with two attached hydrogens (primary N) is 1. The first-order valence-electron chi connectivity index (χ1n) is 9.28. The highest BCUT2D eigenvalue weighted by Gasteiger charge is 2.31. The Labute approximate surface area is 163 Å². The summed E-state index contributed by atoms with van der Waals surface area (Å²) in [4.78, 5) is 24.2. The van der Waals surface area contributed by atoms with Crippen molar-refractivity contribution >= 4 is 23.5 Å². The van der Waals surface area contributed by atoms with E-state index in [2.05, 4.69) is 23.2 Å². The van der Waals surface area contributed by atoms with Crippen molar-refractivity contribution in [1.82, 2.24) is 14.8 Å². The smallest absolute Gasteiger partial charge is 0.219 e. The zero-order valence-corrected chi connectivity index (χ0v) is 17.1. The van der Waals surface area contributed by atoms with Gasteiger partial charge in [-0.15, -0.1) is 10.2 Å². The third-order valence-corrected chi connectivity index (χ3v) is 6.11. The van der Waals surface area contributed by atoms with Gasteiger partial charge in [0.25, 0.3) is 0 Å². The summed E-state index contributed by atoms with van der Waals surface area (Å²) in [6.07, 6.45) is 2.43. The molecule has 1 aliphatic carbocycles. The average molecular weight is 387 g/mol. The summed E-state index contributed by atoms with van der Waals surface area (Å²) < 4.78 is 1.96. The van der Waals surface area contributed by atoms with E-state index < -0.39 is 0 Å². The SMILES string of the molecule is Cc1cc(C)c(C(=O)C(C)Sc2nnc(C3CC3)n2CCC(N)=O)cc1C. The molecular weight excluding hydrogens is 360 g/mol. The largest absolute Gasteiger partial charge is 0.370 e. The van der Waals surface area contributed by atoms with E-state index in [9.17, 15) is 9.59 Å².